The maximum Gasteiger partial charge on any atom is 0.162 e. The van der Waals surface area contributed by atoms with Crippen LogP contribution in [0.1, 0.15) is 39.7 Å². The minimum Gasteiger partial charge on any atom is -0.490 e. The first-order valence-electron chi connectivity index (χ1n) is 7.09. The van der Waals surface area contributed by atoms with E-state index in [9.17, 15) is 0 Å². The fraction of sp³-hybridized carbons (Fsp3) is 0.529. The summed E-state index contributed by atoms with van der Waals surface area (Å²) in [7, 11) is 0. The van der Waals surface area contributed by atoms with Crippen molar-refractivity contribution < 1.29 is 9.47 Å². The van der Waals surface area contributed by atoms with Gasteiger partial charge in [-0.25, -0.2) is 0 Å². The molecule has 0 aliphatic carbocycles. The Hall–Kier alpha value is -1.66. The molecule has 3 heteroatoms. The van der Waals surface area contributed by atoms with Crippen molar-refractivity contribution in [2.45, 2.75) is 46.2 Å². The van der Waals surface area contributed by atoms with Crippen molar-refractivity contribution in [1.82, 2.24) is 5.32 Å². The average molecular weight is 275 g/mol. The lowest BCUT2D eigenvalue weighted by atomic mass is 10.0. The molecule has 0 atom stereocenters. The summed E-state index contributed by atoms with van der Waals surface area (Å²) in [6.07, 6.45) is 6.29. The first-order valence-corrected chi connectivity index (χ1v) is 7.09. The average Bonchev–Trinajstić information content (AvgIpc) is 2.44. The number of rotatable bonds is 8. The van der Waals surface area contributed by atoms with E-state index >= 15 is 0 Å². The highest BCUT2D eigenvalue weighted by Gasteiger charge is 2.14. The fourth-order valence-electron chi connectivity index (χ4n) is 1.64. The molecule has 0 aromatic heterocycles. The normalized spacial score (nSPS) is 10.9. The predicted octanol–water partition coefficient (Wildman–Crippen LogP) is 3.38. The van der Waals surface area contributed by atoms with Crippen LogP contribution >= 0.6 is 0 Å². The van der Waals surface area contributed by atoms with Crippen LogP contribution in [0.5, 0.6) is 11.5 Å². The van der Waals surface area contributed by atoms with Crippen LogP contribution in [0.25, 0.3) is 0 Å². The Labute approximate surface area is 122 Å². The lowest BCUT2D eigenvalue weighted by Gasteiger charge is -2.24. The molecule has 1 rings (SSSR count). The molecule has 3 nitrogen and oxygen atoms in total. The van der Waals surface area contributed by atoms with Crippen LogP contribution in [-0.4, -0.2) is 18.8 Å². The van der Waals surface area contributed by atoms with Crippen LogP contribution in [0.15, 0.2) is 18.2 Å². The van der Waals surface area contributed by atoms with E-state index in [0.717, 1.165) is 18.7 Å². The van der Waals surface area contributed by atoms with Gasteiger partial charge in [-0.3, -0.25) is 0 Å². The molecular formula is C17H25NO2. The Bertz CT molecular complexity index is 461. The molecular weight excluding hydrogens is 250 g/mol. The van der Waals surface area contributed by atoms with Crippen LogP contribution in [-0.2, 0) is 6.54 Å². The van der Waals surface area contributed by atoms with Crippen molar-refractivity contribution >= 4 is 0 Å². The van der Waals surface area contributed by atoms with Gasteiger partial charge >= 0.3 is 0 Å². The summed E-state index contributed by atoms with van der Waals surface area (Å²) in [6.45, 7) is 10.2. The highest BCUT2D eigenvalue weighted by Crippen LogP contribution is 2.28. The SMILES string of the molecule is C#CCOc1ccc(CNC(C)(C)CC)cc1OCC. The third-order valence-corrected chi connectivity index (χ3v) is 3.27. The molecule has 0 spiro atoms. The third kappa shape index (κ3) is 5.14. The zero-order valence-electron chi connectivity index (χ0n) is 13.0. The van der Waals surface area contributed by atoms with E-state index in [0.29, 0.717) is 12.4 Å². The van der Waals surface area contributed by atoms with E-state index in [1.165, 1.54) is 5.56 Å². The van der Waals surface area contributed by atoms with Crippen LogP contribution in [0.4, 0.5) is 0 Å². The van der Waals surface area contributed by atoms with Gasteiger partial charge in [-0.15, -0.1) is 6.42 Å². The number of hydrogen-bond acceptors (Lipinski definition) is 3. The molecule has 0 saturated heterocycles. The van der Waals surface area contributed by atoms with Gasteiger partial charge in [0.25, 0.3) is 0 Å². The lowest BCUT2D eigenvalue weighted by Crippen LogP contribution is -2.37. The van der Waals surface area contributed by atoms with Gasteiger partial charge in [0.1, 0.15) is 6.61 Å². The molecule has 0 saturated carbocycles. The fourth-order valence-corrected chi connectivity index (χ4v) is 1.64. The zero-order chi connectivity index (χ0) is 15.0. The van der Waals surface area contributed by atoms with Gasteiger partial charge in [-0.1, -0.05) is 18.9 Å². The second-order valence-electron chi connectivity index (χ2n) is 5.30. The van der Waals surface area contributed by atoms with Crippen LogP contribution in [0.3, 0.4) is 0 Å². The smallest absolute Gasteiger partial charge is 0.162 e. The summed E-state index contributed by atoms with van der Waals surface area (Å²) in [5, 5.41) is 3.53. The largest absolute Gasteiger partial charge is 0.490 e. The Morgan fingerprint density at radius 2 is 1.95 bits per heavy atom. The van der Waals surface area contributed by atoms with Crippen LogP contribution in [0.2, 0.25) is 0 Å². The Balaban J connectivity index is 2.79. The van der Waals surface area contributed by atoms with E-state index in [4.69, 9.17) is 15.9 Å². The molecule has 1 aromatic carbocycles. The maximum absolute atomic E-state index is 5.61. The van der Waals surface area contributed by atoms with Crippen molar-refractivity contribution in [3.05, 3.63) is 23.8 Å². The first kappa shape index (κ1) is 16.4. The number of terminal acetylenes is 1. The number of hydrogen-bond donors (Lipinski definition) is 1. The zero-order valence-corrected chi connectivity index (χ0v) is 13.0. The van der Waals surface area contributed by atoms with Crippen molar-refractivity contribution in [2.24, 2.45) is 0 Å². The molecule has 0 heterocycles. The summed E-state index contributed by atoms with van der Waals surface area (Å²) in [5.74, 6) is 3.91. The molecule has 1 N–H and O–H groups in total. The van der Waals surface area contributed by atoms with E-state index in [1.54, 1.807) is 0 Å². The third-order valence-electron chi connectivity index (χ3n) is 3.27. The standard InChI is InChI=1S/C17H25NO2/c1-6-11-20-15-10-9-14(12-16(15)19-8-3)13-18-17(4,5)7-2/h1,9-10,12,18H,7-8,11,13H2,2-5H3. The highest BCUT2D eigenvalue weighted by atomic mass is 16.5. The van der Waals surface area contributed by atoms with Gasteiger partial charge in [0.05, 0.1) is 6.61 Å². The first-order chi connectivity index (χ1) is 9.52. The molecule has 0 unspecified atom stereocenters. The van der Waals surface area contributed by atoms with Crippen molar-refractivity contribution in [2.75, 3.05) is 13.2 Å². The number of ether oxygens (including phenoxy) is 2. The van der Waals surface area contributed by atoms with E-state index in [1.807, 2.05) is 25.1 Å². The number of benzene rings is 1. The highest BCUT2D eigenvalue weighted by molar-refractivity contribution is 5.43. The molecule has 0 fully saturated rings. The molecule has 20 heavy (non-hydrogen) atoms. The quantitative estimate of drug-likeness (QED) is 0.738. The molecule has 0 aliphatic rings. The van der Waals surface area contributed by atoms with Crippen LogP contribution in [0, 0.1) is 12.3 Å². The van der Waals surface area contributed by atoms with Gasteiger partial charge in [0, 0.05) is 12.1 Å². The van der Waals surface area contributed by atoms with Gasteiger partial charge in [-0.05, 0) is 44.9 Å². The summed E-state index contributed by atoms with van der Waals surface area (Å²) >= 11 is 0. The monoisotopic (exact) mass is 275 g/mol. The summed E-state index contributed by atoms with van der Waals surface area (Å²) in [6, 6.07) is 5.96. The summed E-state index contributed by atoms with van der Waals surface area (Å²) in [4.78, 5) is 0. The summed E-state index contributed by atoms with van der Waals surface area (Å²) < 4.78 is 11.1. The molecule has 0 amide bonds. The van der Waals surface area contributed by atoms with E-state index in [-0.39, 0.29) is 12.1 Å². The second kappa shape index (κ2) is 7.81. The molecule has 0 radical (unpaired) electrons. The van der Waals surface area contributed by atoms with E-state index in [2.05, 4.69) is 32.0 Å². The van der Waals surface area contributed by atoms with Crippen molar-refractivity contribution in [3.8, 4) is 23.8 Å². The van der Waals surface area contributed by atoms with Gasteiger partial charge in [-0.2, -0.15) is 0 Å². The number of nitrogens with one attached hydrogen (secondary N) is 1. The maximum atomic E-state index is 5.61. The Kier molecular flexibility index (Phi) is 6.41. The minimum atomic E-state index is 0.129. The molecule has 110 valence electrons. The van der Waals surface area contributed by atoms with Crippen LogP contribution < -0.4 is 14.8 Å². The topological polar surface area (TPSA) is 30.5 Å². The summed E-state index contributed by atoms with van der Waals surface area (Å²) in [5.41, 5.74) is 1.30. The molecule has 0 aliphatic heterocycles. The minimum absolute atomic E-state index is 0.129. The van der Waals surface area contributed by atoms with Gasteiger partial charge in [0.15, 0.2) is 11.5 Å². The Morgan fingerprint density at radius 1 is 1.20 bits per heavy atom. The second-order valence-corrected chi connectivity index (χ2v) is 5.30. The predicted molar refractivity (Wildman–Crippen MR) is 83.1 cm³/mol. The molecule has 1 aromatic rings. The Morgan fingerprint density at radius 3 is 2.55 bits per heavy atom. The van der Waals surface area contributed by atoms with Crippen molar-refractivity contribution in [1.29, 1.82) is 0 Å². The molecule has 0 bridgehead atoms. The van der Waals surface area contributed by atoms with Gasteiger partial charge < -0.3 is 14.8 Å². The lowest BCUT2D eigenvalue weighted by molar-refractivity contribution is 0.298. The van der Waals surface area contributed by atoms with Crippen molar-refractivity contribution in [3.63, 3.8) is 0 Å². The van der Waals surface area contributed by atoms with Gasteiger partial charge in [0.2, 0.25) is 0 Å². The van der Waals surface area contributed by atoms with E-state index < -0.39 is 0 Å².